The molecular weight excluding hydrogens is 366 g/mol. The summed E-state index contributed by atoms with van der Waals surface area (Å²) < 4.78 is 10.1. The Morgan fingerprint density at radius 3 is 2.46 bits per heavy atom. The van der Waals surface area contributed by atoms with Crippen molar-refractivity contribution < 1.29 is 28.7 Å². The van der Waals surface area contributed by atoms with E-state index in [-0.39, 0.29) is 31.0 Å². The molecule has 0 aromatic heterocycles. The number of hydrogen-bond donors (Lipinski definition) is 3. The minimum atomic E-state index is -0.711. The lowest BCUT2D eigenvalue weighted by Crippen LogP contribution is -2.50. The third-order valence-corrected chi connectivity index (χ3v) is 3.95. The second-order valence-corrected chi connectivity index (χ2v) is 6.14. The van der Waals surface area contributed by atoms with Crippen molar-refractivity contribution in [3.63, 3.8) is 0 Å². The van der Waals surface area contributed by atoms with Crippen molar-refractivity contribution in [1.82, 2.24) is 16.0 Å². The number of esters is 2. The monoisotopic (exact) mass is 389 g/mol. The van der Waals surface area contributed by atoms with E-state index in [2.05, 4.69) is 16.0 Å². The fourth-order valence-corrected chi connectivity index (χ4v) is 2.56. The molecular formula is C19H23N3O6. The van der Waals surface area contributed by atoms with Crippen molar-refractivity contribution in [2.24, 2.45) is 0 Å². The molecule has 0 bridgehead atoms. The Labute approximate surface area is 162 Å². The van der Waals surface area contributed by atoms with Crippen LogP contribution in [0.4, 0.5) is 4.79 Å². The topological polar surface area (TPSA) is 123 Å². The van der Waals surface area contributed by atoms with Gasteiger partial charge in [0, 0.05) is 5.56 Å². The van der Waals surface area contributed by atoms with Gasteiger partial charge in [0.15, 0.2) is 0 Å². The lowest BCUT2D eigenvalue weighted by atomic mass is 10.0. The molecule has 0 spiro atoms. The third-order valence-electron chi connectivity index (χ3n) is 3.95. The number of nitrogens with one attached hydrogen (secondary N) is 3. The molecule has 1 aromatic rings. The maximum Gasteiger partial charge on any atom is 0.338 e. The lowest BCUT2D eigenvalue weighted by molar-refractivity contribution is -0.142. The summed E-state index contributed by atoms with van der Waals surface area (Å²) in [4.78, 5) is 47.7. The van der Waals surface area contributed by atoms with Gasteiger partial charge in [0.05, 0.1) is 23.9 Å². The highest BCUT2D eigenvalue weighted by Gasteiger charge is 2.30. The first kappa shape index (κ1) is 20.9. The van der Waals surface area contributed by atoms with Crippen LogP contribution in [0.15, 0.2) is 35.5 Å². The van der Waals surface area contributed by atoms with Gasteiger partial charge in [0.2, 0.25) is 0 Å². The highest BCUT2D eigenvalue weighted by molar-refractivity contribution is 5.96. The summed E-state index contributed by atoms with van der Waals surface area (Å²) in [7, 11) is 0. The second-order valence-electron chi connectivity index (χ2n) is 6.14. The summed E-state index contributed by atoms with van der Waals surface area (Å²) in [5.41, 5.74) is 1.76. The molecule has 28 heavy (non-hydrogen) atoms. The molecule has 1 atom stereocenters. The van der Waals surface area contributed by atoms with Gasteiger partial charge in [-0.3, -0.25) is 9.59 Å². The number of hydrogen-bond acceptors (Lipinski definition) is 6. The molecule has 1 aliphatic rings. The highest BCUT2D eigenvalue weighted by atomic mass is 16.5. The fraction of sp³-hybridized carbons (Fsp3) is 0.368. The van der Waals surface area contributed by atoms with Gasteiger partial charge in [-0.2, -0.15) is 0 Å². The van der Waals surface area contributed by atoms with Crippen molar-refractivity contribution in [2.75, 3.05) is 19.8 Å². The summed E-state index contributed by atoms with van der Waals surface area (Å²) in [6.07, 6.45) is 0. The molecule has 9 heteroatoms. The van der Waals surface area contributed by atoms with Gasteiger partial charge in [0.25, 0.3) is 5.91 Å². The van der Waals surface area contributed by atoms with Crippen LogP contribution in [0.2, 0.25) is 0 Å². The first-order chi connectivity index (χ1) is 13.3. The Morgan fingerprint density at radius 1 is 1.14 bits per heavy atom. The number of rotatable bonds is 7. The van der Waals surface area contributed by atoms with E-state index in [0.717, 1.165) is 5.56 Å². The fourth-order valence-electron chi connectivity index (χ4n) is 2.56. The standard InChI is InChI=1S/C19H23N3O6/c1-4-27-18(25)16-12(3)21-19(26)22-14(16)10-28-15(23)9-20-17(24)13-7-5-11(2)6-8-13/h5-8,12H,4,9-10H2,1-3H3,(H,20,24)(H2,21,22,26)/t12-/m1/s1. The summed E-state index contributed by atoms with van der Waals surface area (Å²) in [6, 6.07) is 5.77. The van der Waals surface area contributed by atoms with Crippen LogP contribution < -0.4 is 16.0 Å². The van der Waals surface area contributed by atoms with E-state index in [1.165, 1.54) is 0 Å². The van der Waals surface area contributed by atoms with Gasteiger partial charge >= 0.3 is 18.0 Å². The van der Waals surface area contributed by atoms with E-state index in [9.17, 15) is 19.2 Å². The minimum Gasteiger partial charge on any atom is -0.463 e. The van der Waals surface area contributed by atoms with Gasteiger partial charge in [-0.1, -0.05) is 17.7 Å². The van der Waals surface area contributed by atoms with Crippen LogP contribution in [-0.4, -0.2) is 49.7 Å². The number of carbonyl (C=O) groups is 4. The quantitative estimate of drug-likeness (QED) is 0.593. The highest BCUT2D eigenvalue weighted by Crippen LogP contribution is 2.14. The Bertz CT molecular complexity index is 800. The zero-order chi connectivity index (χ0) is 20.7. The number of aryl methyl sites for hydroxylation is 1. The van der Waals surface area contributed by atoms with E-state index in [4.69, 9.17) is 9.47 Å². The molecule has 3 N–H and O–H groups in total. The van der Waals surface area contributed by atoms with Gasteiger partial charge < -0.3 is 25.4 Å². The minimum absolute atomic E-state index is 0.146. The van der Waals surface area contributed by atoms with Crippen molar-refractivity contribution >= 4 is 23.9 Å². The molecule has 1 heterocycles. The van der Waals surface area contributed by atoms with Crippen LogP contribution in [0.1, 0.15) is 29.8 Å². The molecule has 0 fully saturated rings. The molecule has 9 nitrogen and oxygen atoms in total. The molecule has 2 rings (SSSR count). The first-order valence-electron chi connectivity index (χ1n) is 8.80. The third kappa shape index (κ3) is 5.57. The Balaban J connectivity index is 1.94. The zero-order valence-corrected chi connectivity index (χ0v) is 16.0. The second kappa shape index (κ2) is 9.54. The summed E-state index contributed by atoms with van der Waals surface area (Å²) >= 11 is 0. The Kier molecular flexibility index (Phi) is 7.14. The van der Waals surface area contributed by atoms with E-state index < -0.39 is 29.9 Å². The summed E-state index contributed by atoms with van der Waals surface area (Å²) in [5.74, 6) is -1.73. The molecule has 0 saturated carbocycles. The first-order valence-corrected chi connectivity index (χ1v) is 8.80. The lowest BCUT2D eigenvalue weighted by Gasteiger charge is -2.26. The van der Waals surface area contributed by atoms with Crippen LogP contribution in [0.3, 0.4) is 0 Å². The molecule has 3 amide bonds. The zero-order valence-electron chi connectivity index (χ0n) is 16.0. The van der Waals surface area contributed by atoms with E-state index in [1.807, 2.05) is 6.92 Å². The number of ether oxygens (including phenoxy) is 2. The normalized spacial score (nSPS) is 16.0. The van der Waals surface area contributed by atoms with E-state index >= 15 is 0 Å². The van der Waals surface area contributed by atoms with Crippen molar-refractivity contribution in [3.05, 3.63) is 46.7 Å². The number of urea groups is 1. The van der Waals surface area contributed by atoms with E-state index in [1.54, 1.807) is 38.1 Å². The predicted molar refractivity (Wildman–Crippen MR) is 99.3 cm³/mol. The smallest absolute Gasteiger partial charge is 0.338 e. The predicted octanol–water partition coefficient (Wildman–Crippen LogP) is 0.787. The largest absolute Gasteiger partial charge is 0.463 e. The van der Waals surface area contributed by atoms with Crippen LogP contribution in [0.5, 0.6) is 0 Å². The van der Waals surface area contributed by atoms with Crippen molar-refractivity contribution in [2.45, 2.75) is 26.8 Å². The van der Waals surface area contributed by atoms with Gasteiger partial charge in [-0.15, -0.1) is 0 Å². The Morgan fingerprint density at radius 2 is 1.82 bits per heavy atom. The summed E-state index contributed by atoms with van der Waals surface area (Å²) in [6.45, 7) is 4.67. The molecule has 0 aliphatic carbocycles. The molecule has 1 aromatic carbocycles. The molecule has 1 aliphatic heterocycles. The molecule has 0 unspecified atom stereocenters. The molecule has 150 valence electrons. The number of amides is 3. The summed E-state index contributed by atoms with van der Waals surface area (Å²) in [5, 5.41) is 7.45. The number of benzene rings is 1. The van der Waals surface area contributed by atoms with Crippen LogP contribution in [-0.2, 0) is 19.1 Å². The van der Waals surface area contributed by atoms with Crippen LogP contribution in [0.25, 0.3) is 0 Å². The molecule has 0 saturated heterocycles. The SMILES string of the molecule is CCOC(=O)C1=C(COC(=O)CNC(=O)c2ccc(C)cc2)NC(=O)N[C@@H]1C. The van der Waals surface area contributed by atoms with E-state index in [0.29, 0.717) is 5.56 Å². The van der Waals surface area contributed by atoms with Crippen molar-refractivity contribution in [1.29, 1.82) is 0 Å². The van der Waals surface area contributed by atoms with Gasteiger partial charge in [-0.25, -0.2) is 9.59 Å². The van der Waals surface area contributed by atoms with Crippen LogP contribution >= 0.6 is 0 Å². The van der Waals surface area contributed by atoms with Crippen molar-refractivity contribution in [3.8, 4) is 0 Å². The van der Waals surface area contributed by atoms with Gasteiger partial charge in [0.1, 0.15) is 13.2 Å². The molecule has 0 radical (unpaired) electrons. The average Bonchev–Trinajstić information content (AvgIpc) is 2.64. The van der Waals surface area contributed by atoms with Gasteiger partial charge in [-0.05, 0) is 32.9 Å². The maximum atomic E-state index is 12.1. The average molecular weight is 389 g/mol. The number of carbonyl (C=O) groups excluding carboxylic acids is 4. The van der Waals surface area contributed by atoms with Crippen LogP contribution in [0, 0.1) is 6.92 Å². The maximum absolute atomic E-state index is 12.1. The Hall–Kier alpha value is -3.36.